The van der Waals surface area contributed by atoms with Gasteiger partial charge in [-0.15, -0.1) is 0 Å². The quantitative estimate of drug-likeness (QED) is 0.629. The molecular weight excluding hydrogens is 314 g/mol. The molecule has 0 aliphatic carbocycles. The van der Waals surface area contributed by atoms with Crippen molar-refractivity contribution in [1.29, 1.82) is 0 Å². The van der Waals surface area contributed by atoms with E-state index in [4.69, 9.17) is 9.47 Å². The first-order chi connectivity index (χ1) is 12.2. The summed E-state index contributed by atoms with van der Waals surface area (Å²) in [6.45, 7) is 4.98. The number of rotatable bonds is 10. The van der Waals surface area contributed by atoms with Crippen LogP contribution >= 0.6 is 0 Å². The van der Waals surface area contributed by atoms with E-state index in [9.17, 15) is 4.79 Å². The second kappa shape index (κ2) is 10.4. The first-order valence-electron chi connectivity index (χ1n) is 8.95. The van der Waals surface area contributed by atoms with Crippen LogP contribution in [0.4, 0.5) is 5.69 Å². The fraction of sp³-hybridized carbons (Fsp3) is 0.381. The minimum Gasteiger partial charge on any atom is -0.494 e. The molecule has 0 saturated heterocycles. The Balaban J connectivity index is 1.73. The van der Waals surface area contributed by atoms with Crippen LogP contribution in [0.15, 0.2) is 48.5 Å². The molecule has 0 bridgehead atoms. The normalized spacial score (nSPS) is 10.3. The van der Waals surface area contributed by atoms with Crippen molar-refractivity contribution in [3.63, 3.8) is 0 Å². The van der Waals surface area contributed by atoms with Crippen LogP contribution in [-0.4, -0.2) is 19.1 Å². The topological polar surface area (TPSA) is 47.6 Å². The summed E-state index contributed by atoms with van der Waals surface area (Å²) in [5, 5.41) is 2.83. The van der Waals surface area contributed by atoms with Gasteiger partial charge in [-0.3, -0.25) is 4.79 Å². The van der Waals surface area contributed by atoms with Crippen LogP contribution in [-0.2, 0) is 11.2 Å². The fourth-order valence-corrected chi connectivity index (χ4v) is 2.34. The van der Waals surface area contributed by atoms with Crippen LogP contribution < -0.4 is 14.8 Å². The summed E-state index contributed by atoms with van der Waals surface area (Å²) >= 11 is 0. The van der Waals surface area contributed by atoms with Crippen LogP contribution in [0.2, 0.25) is 0 Å². The van der Waals surface area contributed by atoms with E-state index in [0.717, 1.165) is 30.9 Å². The van der Waals surface area contributed by atoms with Crippen LogP contribution in [0, 0.1) is 0 Å². The predicted molar refractivity (Wildman–Crippen MR) is 101 cm³/mol. The van der Waals surface area contributed by atoms with E-state index in [1.807, 2.05) is 48.5 Å². The maximum atomic E-state index is 11.9. The monoisotopic (exact) mass is 341 g/mol. The van der Waals surface area contributed by atoms with Gasteiger partial charge in [0.1, 0.15) is 11.5 Å². The molecule has 0 aliphatic heterocycles. The molecule has 4 nitrogen and oxygen atoms in total. The number of hydrogen-bond donors (Lipinski definition) is 1. The van der Waals surface area contributed by atoms with Gasteiger partial charge >= 0.3 is 0 Å². The fourth-order valence-electron chi connectivity index (χ4n) is 2.34. The molecule has 1 amide bonds. The van der Waals surface area contributed by atoms with Gasteiger partial charge in [0.05, 0.1) is 6.61 Å². The molecule has 0 unspecified atom stereocenters. The van der Waals surface area contributed by atoms with E-state index >= 15 is 0 Å². The van der Waals surface area contributed by atoms with Gasteiger partial charge in [0.25, 0.3) is 5.91 Å². The molecule has 134 valence electrons. The third-order valence-corrected chi connectivity index (χ3v) is 3.86. The van der Waals surface area contributed by atoms with Crippen molar-refractivity contribution in [3.05, 3.63) is 54.1 Å². The maximum Gasteiger partial charge on any atom is 0.262 e. The number of anilines is 1. The second-order valence-corrected chi connectivity index (χ2v) is 5.91. The lowest BCUT2D eigenvalue weighted by Crippen LogP contribution is -2.20. The Morgan fingerprint density at radius 1 is 0.880 bits per heavy atom. The summed E-state index contributed by atoms with van der Waals surface area (Å²) in [5.74, 6) is 1.30. The SMILES string of the molecule is CCCCCOc1ccc(OCC(=O)Nc2ccc(CC)cc2)cc1. The lowest BCUT2D eigenvalue weighted by molar-refractivity contribution is -0.118. The number of benzene rings is 2. The molecule has 0 saturated carbocycles. The Bertz CT molecular complexity index is 635. The summed E-state index contributed by atoms with van der Waals surface area (Å²) in [6.07, 6.45) is 4.40. The lowest BCUT2D eigenvalue weighted by atomic mass is 10.1. The molecule has 0 radical (unpaired) electrons. The van der Waals surface area contributed by atoms with E-state index in [1.54, 1.807) is 0 Å². The largest absolute Gasteiger partial charge is 0.494 e. The molecular formula is C21H27NO3. The van der Waals surface area contributed by atoms with E-state index in [1.165, 1.54) is 18.4 Å². The van der Waals surface area contributed by atoms with Gasteiger partial charge in [0, 0.05) is 5.69 Å². The third-order valence-electron chi connectivity index (χ3n) is 3.86. The second-order valence-electron chi connectivity index (χ2n) is 5.91. The van der Waals surface area contributed by atoms with E-state index in [0.29, 0.717) is 5.75 Å². The van der Waals surface area contributed by atoms with Crippen LogP contribution in [0.5, 0.6) is 11.5 Å². The summed E-state index contributed by atoms with van der Waals surface area (Å²) in [5.41, 5.74) is 2.02. The standard InChI is InChI=1S/C21H27NO3/c1-3-5-6-15-24-19-11-13-20(14-12-19)25-16-21(23)22-18-9-7-17(4-2)8-10-18/h7-14H,3-6,15-16H2,1-2H3,(H,22,23). The van der Waals surface area contributed by atoms with Gasteiger partial charge in [-0.1, -0.05) is 38.8 Å². The summed E-state index contributed by atoms with van der Waals surface area (Å²) < 4.78 is 11.2. The number of hydrogen-bond acceptors (Lipinski definition) is 3. The molecule has 1 N–H and O–H groups in total. The van der Waals surface area contributed by atoms with Crippen molar-refractivity contribution in [3.8, 4) is 11.5 Å². The number of ether oxygens (including phenoxy) is 2. The van der Waals surface area contributed by atoms with Crippen LogP contribution in [0.1, 0.15) is 38.7 Å². The minimum atomic E-state index is -0.177. The molecule has 0 fully saturated rings. The average molecular weight is 341 g/mol. The molecule has 0 heterocycles. The zero-order valence-corrected chi connectivity index (χ0v) is 15.1. The highest BCUT2D eigenvalue weighted by Gasteiger charge is 2.04. The minimum absolute atomic E-state index is 0.0216. The predicted octanol–water partition coefficient (Wildman–Crippen LogP) is 4.84. The number of carbonyl (C=O) groups excluding carboxylic acids is 1. The molecule has 25 heavy (non-hydrogen) atoms. The molecule has 0 aromatic heterocycles. The Kier molecular flexibility index (Phi) is 7.83. The van der Waals surface area contributed by atoms with Crippen LogP contribution in [0.25, 0.3) is 0 Å². The van der Waals surface area contributed by atoms with Crippen molar-refractivity contribution < 1.29 is 14.3 Å². The number of amides is 1. The highest BCUT2D eigenvalue weighted by molar-refractivity contribution is 5.91. The van der Waals surface area contributed by atoms with Crippen molar-refractivity contribution in [2.24, 2.45) is 0 Å². The maximum absolute atomic E-state index is 11.9. The van der Waals surface area contributed by atoms with E-state index in [2.05, 4.69) is 19.2 Å². The van der Waals surface area contributed by atoms with Gasteiger partial charge in [0.2, 0.25) is 0 Å². The van der Waals surface area contributed by atoms with Gasteiger partial charge in [-0.05, 0) is 54.8 Å². The summed E-state index contributed by atoms with van der Waals surface area (Å²) in [7, 11) is 0. The first-order valence-corrected chi connectivity index (χ1v) is 8.95. The number of nitrogens with one attached hydrogen (secondary N) is 1. The van der Waals surface area contributed by atoms with Crippen molar-refractivity contribution in [1.82, 2.24) is 0 Å². The average Bonchev–Trinajstić information content (AvgIpc) is 2.65. The van der Waals surface area contributed by atoms with Crippen molar-refractivity contribution >= 4 is 11.6 Å². The van der Waals surface area contributed by atoms with Gasteiger partial charge in [0.15, 0.2) is 6.61 Å². The molecule has 2 aromatic rings. The van der Waals surface area contributed by atoms with Gasteiger partial charge < -0.3 is 14.8 Å². The molecule has 2 aromatic carbocycles. The number of carbonyl (C=O) groups is 1. The first kappa shape index (κ1) is 18.8. The van der Waals surface area contributed by atoms with Crippen LogP contribution in [0.3, 0.4) is 0 Å². The van der Waals surface area contributed by atoms with Gasteiger partial charge in [-0.25, -0.2) is 0 Å². The van der Waals surface area contributed by atoms with E-state index < -0.39 is 0 Å². The van der Waals surface area contributed by atoms with Crippen molar-refractivity contribution in [2.45, 2.75) is 39.5 Å². The molecule has 0 spiro atoms. The highest BCUT2D eigenvalue weighted by atomic mass is 16.5. The Morgan fingerprint density at radius 2 is 1.52 bits per heavy atom. The Hall–Kier alpha value is -2.49. The summed E-state index contributed by atoms with van der Waals surface area (Å²) in [4.78, 5) is 11.9. The molecule has 4 heteroatoms. The lowest BCUT2D eigenvalue weighted by Gasteiger charge is -2.09. The smallest absolute Gasteiger partial charge is 0.262 e. The molecule has 0 atom stereocenters. The molecule has 2 rings (SSSR count). The summed E-state index contributed by atoms with van der Waals surface area (Å²) in [6, 6.07) is 15.2. The third kappa shape index (κ3) is 6.87. The Labute approximate surface area is 150 Å². The Morgan fingerprint density at radius 3 is 2.12 bits per heavy atom. The molecule has 0 aliphatic rings. The van der Waals surface area contributed by atoms with Gasteiger partial charge in [-0.2, -0.15) is 0 Å². The highest BCUT2D eigenvalue weighted by Crippen LogP contribution is 2.18. The zero-order valence-electron chi connectivity index (χ0n) is 15.1. The van der Waals surface area contributed by atoms with E-state index in [-0.39, 0.29) is 12.5 Å². The van der Waals surface area contributed by atoms with Crippen molar-refractivity contribution in [2.75, 3.05) is 18.5 Å². The number of unbranched alkanes of at least 4 members (excludes halogenated alkanes) is 2. The number of aryl methyl sites for hydroxylation is 1. The zero-order chi connectivity index (χ0) is 17.9.